The fraction of sp³-hybridized carbons (Fsp3) is 0.0909. The maximum atomic E-state index is 2.31. The molecule has 1 unspecified atom stereocenters. The summed E-state index contributed by atoms with van der Waals surface area (Å²) in [7, 11) is 0. The average Bonchev–Trinajstić information content (AvgIpc) is 2.60. The molecule has 4 aromatic carbocycles. The lowest BCUT2D eigenvalue weighted by molar-refractivity contribution is 0.943. The Morgan fingerprint density at radius 1 is 0.591 bits per heavy atom. The van der Waals surface area contributed by atoms with E-state index in [9.17, 15) is 0 Å². The first-order valence-corrected chi connectivity index (χ1v) is 7.80. The van der Waals surface area contributed by atoms with Gasteiger partial charge < -0.3 is 0 Å². The van der Waals surface area contributed by atoms with Crippen molar-refractivity contribution in [2.45, 2.75) is 12.8 Å². The largest absolute Gasteiger partial charge is 0.0622 e. The molecule has 1 atom stereocenters. The van der Waals surface area contributed by atoms with Gasteiger partial charge in [0.05, 0.1) is 0 Å². The molecule has 0 N–H and O–H groups in total. The van der Waals surface area contributed by atoms with E-state index in [1.54, 1.807) is 0 Å². The third-order valence-electron chi connectivity index (χ3n) is 4.55. The molecule has 0 fully saturated rings. The third-order valence-corrected chi connectivity index (χ3v) is 4.55. The minimum atomic E-state index is 0.372. The highest BCUT2D eigenvalue weighted by molar-refractivity contribution is 6.03. The van der Waals surface area contributed by atoms with E-state index in [1.165, 1.54) is 32.7 Å². The third kappa shape index (κ3) is 2.08. The Labute approximate surface area is 131 Å². The van der Waals surface area contributed by atoms with Gasteiger partial charge in [-0.3, -0.25) is 0 Å². The molecule has 0 aliphatic rings. The van der Waals surface area contributed by atoms with Crippen molar-refractivity contribution in [2.75, 3.05) is 0 Å². The normalized spacial score (nSPS) is 12.6. The summed E-state index contributed by atoms with van der Waals surface area (Å²) in [6, 6.07) is 30.5. The van der Waals surface area contributed by atoms with E-state index in [0.717, 1.165) is 0 Å². The molecule has 0 heteroatoms. The van der Waals surface area contributed by atoms with Gasteiger partial charge in [-0.1, -0.05) is 85.8 Å². The maximum Gasteiger partial charge on any atom is 0.00733 e. The summed E-state index contributed by atoms with van der Waals surface area (Å²) in [5.74, 6) is 0.372. The summed E-state index contributed by atoms with van der Waals surface area (Å²) in [6.07, 6.45) is 0. The van der Waals surface area contributed by atoms with Crippen LogP contribution in [0.4, 0.5) is 0 Å². The van der Waals surface area contributed by atoms with Crippen molar-refractivity contribution in [3.8, 4) is 0 Å². The zero-order valence-electron chi connectivity index (χ0n) is 12.7. The Kier molecular flexibility index (Phi) is 3.16. The molecule has 22 heavy (non-hydrogen) atoms. The van der Waals surface area contributed by atoms with Crippen LogP contribution in [0.3, 0.4) is 0 Å². The van der Waals surface area contributed by atoms with Crippen molar-refractivity contribution >= 4 is 21.5 Å². The van der Waals surface area contributed by atoms with Crippen molar-refractivity contribution in [3.05, 3.63) is 96.1 Å². The summed E-state index contributed by atoms with van der Waals surface area (Å²) in [5, 5.41) is 5.35. The second-order valence-electron chi connectivity index (χ2n) is 5.86. The summed E-state index contributed by atoms with van der Waals surface area (Å²) >= 11 is 0. The SMILES string of the molecule is CC(c1ccccc1)c1c2ccccc2cc2ccccc12. The number of fused-ring (bicyclic) bond motifs is 2. The summed E-state index contributed by atoms with van der Waals surface area (Å²) < 4.78 is 0. The van der Waals surface area contributed by atoms with Gasteiger partial charge in [0, 0.05) is 5.92 Å². The van der Waals surface area contributed by atoms with Crippen molar-refractivity contribution in [3.63, 3.8) is 0 Å². The van der Waals surface area contributed by atoms with Gasteiger partial charge in [-0.15, -0.1) is 0 Å². The molecule has 0 heterocycles. The molecule has 0 nitrogen and oxygen atoms in total. The zero-order chi connectivity index (χ0) is 14.9. The lowest BCUT2D eigenvalue weighted by atomic mass is 9.85. The van der Waals surface area contributed by atoms with Gasteiger partial charge in [0.2, 0.25) is 0 Å². The number of hydrogen-bond acceptors (Lipinski definition) is 0. The Balaban J connectivity index is 2.08. The van der Waals surface area contributed by atoms with Crippen LogP contribution in [0.2, 0.25) is 0 Å². The van der Waals surface area contributed by atoms with Crippen molar-refractivity contribution in [2.24, 2.45) is 0 Å². The van der Waals surface area contributed by atoms with E-state index in [4.69, 9.17) is 0 Å². The van der Waals surface area contributed by atoms with Crippen molar-refractivity contribution in [1.29, 1.82) is 0 Å². The van der Waals surface area contributed by atoms with Gasteiger partial charge in [-0.25, -0.2) is 0 Å². The van der Waals surface area contributed by atoms with E-state index in [1.807, 2.05) is 0 Å². The fourth-order valence-electron chi connectivity index (χ4n) is 3.42. The molecule has 0 spiro atoms. The topological polar surface area (TPSA) is 0 Å². The fourth-order valence-corrected chi connectivity index (χ4v) is 3.42. The Morgan fingerprint density at radius 3 is 1.68 bits per heavy atom. The predicted octanol–water partition coefficient (Wildman–Crippen LogP) is 6.14. The van der Waals surface area contributed by atoms with Gasteiger partial charge in [0.1, 0.15) is 0 Å². The van der Waals surface area contributed by atoms with Crippen LogP contribution in [0, 0.1) is 0 Å². The molecule has 0 bridgehead atoms. The average molecular weight is 282 g/mol. The molecular weight excluding hydrogens is 264 g/mol. The molecule has 106 valence electrons. The first-order valence-electron chi connectivity index (χ1n) is 7.80. The van der Waals surface area contributed by atoms with E-state index in [0.29, 0.717) is 5.92 Å². The number of rotatable bonds is 2. The van der Waals surface area contributed by atoms with Crippen LogP contribution in [0.15, 0.2) is 84.9 Å². The van der Waals surface area contributed by atoms with Crippen LogP contribution in [-0.2, 0) is 0 Å². The van der Waals surface area contributed by atoms with Crippen LogP contribution in [0.25, 0.3) is 21.5 Å². The van der Waals surface area contributed by atoms with E-state index >= 15 is 0 Å². The summed E-state index contributed by atoms with van der Waals surface area (Å²) in [5.41, 5.74) is 2.80. The van der Waals surface area contributed by atoms with Crippen LogP contribution in [0.5, 0.6) is 0 Å². The molecule has 0 radical (unpaired) electrons. The second-order valence-corrected chi connectivity index (χ2v) is 5.86. The molecule has 0 aliphatic heterocycles. The van der Waals surface area contributed by atoms with Gasteiger partial charge in [0.15, 0.2) is 0 Å². The molecule has 0 saturated heterocycles. The number of benzene rings is 4. The monoisotopic (exact) mass is 282 g/mol. The van der Waals surface area contributed by atoms with Crippen molar-refractivity contribution < 1.29 is 0 Å². The highest BCUT2D eigenvalue weighted by Gasteiger charge is 2.15. The van der Waals surface area contributed by atoms with Gasteiger partial charge >= 0.3 is 0 Å². The molecule has 0 amide bonds. The van der Waals surface area contributed by atoms with Gasteiger partial charge in [-0.2, -0.15) is 0 Å². The molecule has 0 aromatic heterocycles. The van der Waals surface area contributed by atoms with E-state index in [-0.39, 0.29) is 0 Å². The lowest BCUT2D eigenvalue weighted by Gasteiger charge is -2.18. The molecule has 0 aliphatic carbocycles. The van der Waals surface area contributed by atoms with Crippen LogP contribution in [0.1, 0.15) is 24.0 Å². The molecule has 0 saturated carbocycles. The molecule has 4 rings (SSSR count). The van der Waals surface area contributed by atoms with Crippen LogP contribution < -0.4 is 0 Å². The minimum absolute atomic E-state index is 0.372. The van der Waals surface area contributed by atoms with E-state index < -0.39 is 0 Å². The highest BCUT2D eigenvalue weighted by Crippen LogP contribution is 2.36. The quantitative estimate of drug-likeness (QED) is 0.387. The van der Waals surface area contributed by atoms with Gasteiger partial charge in [0.25, 0.3) is 0 Å². The standard InChI is InChI=1S/C22H18/c1-16(17-9-3-2-4-10-17)22-20-13-7-5-11-18(20)15-19-12-6-8-14-21(19)22/h2-16H,1H3. The first kappa shape index (κ1) is 13.1. The Bertz CT molecular complexity index is 882. The Hall–Kier alpha value is -2.60. The van der Waals surface area contributed by atoms with Crippen LogP contribution >= 0.6 is 0 Å². The first-order chi connectivity index (χ1) is 10.8. The molecule has 4 aromatic rings. The number of hydrogen-bond donors (Lipinski definition) is 0. The van der Waals surface area contributed by atoms with Crippen LogP contribution in [-0.4, -0.2) is 0 Å². The lowest BCUT2D eigenvalue weighted by Crippen LogP contribution is -1.98. The minimum Gasteiger partial charge on any atom is -0.0622 e. The summed E-state index contributed by atoms with van der Waals surface area (Å²) in [6.45, 7) is 2.31. The maximum absolute atomic E-state index is 2.31. The highest BCUT2D eigenvalue weighted by atomic mass is 14.2. The Morgan fingerprint density at radius 2 is 1.09 bits per heavy atom. The second kappa shape index (κ2) is 5.31. The molecular formula is C22H18. The van der Waals surface area contributed by atoms with Crippen molar-refractivity contribution in [1.82, 2.24) is 0 Å². The van der Waals surface area contributed by atoms with Gasteiger partial charge in [-0.05, 0) is 38.7 Å². The predicted molar refractivity (Wildman–Crippen MR) is 95.4 cm³/mol. The zero-order valence-corrected chi connectivity index (χ0v) is 12.7. The van der Waals surface area contributed by atoms with E-state index in [2.05, 4.69) is 91.9 Å². The smallest absolute Gasteiger partial charge is 0.00733 e. The summed E-state index contributed by atoms with van der Waals surface area (Å²) in [4.78, 5) is 0.